The van der Waals surface area contributed by atoms with Crippen molar-refractivity contribution in [2.75, 3.05) is 11.1 Å². The van der Waals surface area contributed by atoms with Crippen LogP contribution in [0.4, 0.5) is 22.7 Å². The monoisotopic (exact) mass is 243 g/mol. The molecule has 5 heteroatoms. The average Bonchev–Trinajstić information content (AvgIpc) is 2.32. The van der Waals surface area contributed by atoms with Crippen molar-refractivity contribution in [3.63, 3.8) is 0 Å². The van der Waals surface area contributed by atoms with E-state index in [4.69, 9.17) is 5.73 Å². The van der Waals surface area contributed by atoms with E-state index in [1.807, 2.05) is 31.2 Å². The molecule has 0 unspecified atom stereocenters. The smallest absolute Gasteiger partial charge is 0.292 e. The van der Waals surface area contributed by atoms with Gasteiger partial charge in [-0.2, -0.15) is 0 Å². The van der Waals surface area contributed by atoms with Gasteiger partial charge in [0.2, 0.25) is 0 Å². The van der Waals surface area contributed by atoms with Gasteiger partial charge in [-0.25, -0.2) is 0 Å². The van der Waals surface area contributed by atoms with Crippen LogP contribution in [0.2, 0.25) is 0 Å². The minimum atomic E-state index is -0.493. The summed E-state index contributed by atoms with van der Waals surface area (Å²) in [5, 5.41) is 13.8. The van der Waals surface area contributed by atoms with Crippen molar-refractivity contribution in [3.05, 3.63) is 58.1 Å². The fourth-order valence-corrected chi connectivity index (χ4v) is 1.67. The number of rotatable bonds is 3. The molecule has 0 spiro atoms. The minimum Gasteiger partial charge on any atom is -0.393 e. The van der Waals surface area contributed by atoms with E-state index < -0.39 is 4.92 Å². The predicted octanol–water partition coefficient (Wildman–Crippen LogP) is 3.23. The SMILES string of the molecule is Cc1ccccc1Nc1ccc([N+](=O)[O-])c(N)c1. The van der Waals surface area contributed by atoms with Crippen LogP contribution in [0.25, 0.3) is 0 Å². The highest BCUT2D eigenvalue weighted by atomic mass is 16.6. The molecule has 0 heterocycles. The zero-order chi connectivity index (χ0) is 13.1. The third-order valence-electron chi connectivity index (χ3n) is 2.65. The van der Waals surface area contributed by atoms with Gasteiger partial charge in [0.1, 0.15) is 5.69 Å². The maximum Gasteiger partial charge on any atom is 0.292 e. The van der Waals surface area contributed by atoms with Crippen molar-refractivity contribution in [3.8, 4) is 0 Å². The quantitative estimate of drug-likeness (QED) is 0.492. The van der Waals surface area contributed by atoms with Gasteiger partial charge in [-0.3, -0.25) is 10.1 Å². The first-order valence-corrected chi connectivity index (χ1v) is 5.44. The fourth-order valence-electron chi connectivity index (χ4n) is 1.67. The Balaban J connectivity index is 2.29. The van der Waals surface area contributed by atoms with Crippen LogP contribution in [0, 0.1) is 17.0 Å². The van der Waals surface area contributed by atoms with Gasteiger partial charge < -0.3 is 11.1 Å². The number of nitrogens with one attached hydrogen (secondary N) is 1. The minimum absolute atomic E-state index is 0.0784. The molecule has 0 aromatic heterocycles. The Bertz CT molecular complexity index is 597. The van der Waals surface area contributed by atoms with Gasteiger partial charge >= 0.3 is 0 Å². The van der Waals surface area contributed by atoms with E-state index in [2.05, 4.69) is 5.32 Å². The normalized spacial score (nSPS) is 10.1. The summed E-state index contributed by atoms with van der Waals surface area (Å²) in [6.07, 6.45) is 0. The molecule has 5 nitrogen and oxygen atoms in total. The summed E-state index contributed by atoms with van der Waals surface area (Å²) >= 11 is 0. The molecule has 0 amide bonds. The highest BCUT2D eigenvalue weighted by molar-refractivity contribution is 5.70. The van der Waals surface area contributed by atoms with Gasteiger partial charge in [0, 0.05) is 17.4 Å². The Morgan fingerprint density at radius 3 is 2.56 bits per heavy atom. The molecule has 0 aliphatic heterocycles. The van der Waals surface area contributed by atoms with E-state index in [0.29, 0.717) is 0 Å². The predicted molar refractivity (Wildman–Crippen MR) is 72.0 cm³/mol. The number of nitro groups is 1. The van der Waals surface area contributed by atoms with Crippen LogP contribution in [0.1, 0.15) is 5.56 Å². The Morgan fingerprint density at radius 2 is 1.94 bits per heavy atom. The molecule has 0 fully saturated rings. The number of nitrogen functional groups attached to an aromatic ring is 1. The van der Waals surface area contributed by atoms with Gasteiger partial charge in [0.15, 0.2) is 0 Å². The van der Waals surface area contributed by atoms with Crippen molar-refractivity contribution in [1.82, 2.24) is 0 Å². The van der Waals surface area contributed by atoms with E-state index in [1.54, 1.807) is 12.1 Å². The van der Waals surface area contributed by atoms with Crippen molar-refractivity contribution in [2.45, 2.75) is 6.92 Å². The van der Waals surface area contributed by atoms with Gasteiger partial charge in [-0.15, -0.1) is 0 Å². The lowest BCUT2D eigenvalue weighted by Crippen LogP contribution is -1.98. The molecule has 3 N–H and O–H groups in total. The second-order valence-corrected chi connectivity index (χ2v) is 3.97. The first-order chi connectivity index (χ1) is 8.58. The molecule has 2 aromatic carbocycles. The molecule has 0 bridgehead atoms. The number of nitro benzene ring substituents is 1. The summed E-state index contributed by atoms with van der Waals surface area (Å²) in [6, 6.07) is 12.4. The lowest BCUT2D eigenvalue weighted by Gasteiger charge is -2.09. The molecule has 2 rings (SSSR count). The summed E-state index contributed by atoms with van der Waals surface area (Å²) in [5.74, 6) is 0. The van der Waals surface area contributed by atoms with Crippen LogP contribution >= 0.6 is 0 Å². The number of nitrogens with two attached hydrogens (primary N) is 1. The Hall–Kier alpha value is -2.56. The van der Waals surface area contributed by atoms with E-state index in [9.17, 15) is 10.1 Å². The van der Waals surface area contributed by atoms with Crippen LogP contribution in [-0.4, -0.2) is 4.92 Å². The largest absolute Gasteiger partial charge is 0.393 e. The first kappa shape index (κ1) is 11.9. The topological polar surface area (TPSA) is 81.2 Å². The van der Waals surface area contributed by atoms with Crippen LogP contribution in [-0.2, 0) is 0 Å². The summed E-state index contributed by atoms with van der Waals surface area (Å²) in [6.45, 7) is 1.98. The van der Waals surface area contributed by atoms with Gasteiger partial charge in [-0.05, 0) is 30.7 Å². The zero-order valence-electron chi connectivity index (χ0n) is 9.88. The second-order valence-electron chi connectivity index (χ2n) is 3.97. The molecule has 2 aromatic rings. The molecule has 0 radical (unpaired) electrons. The highest BCUT2D eigenvalue weighted by Gasteiger charge is 2.11. The number of nitrogens with zero attached hydrogens (tertiary/aromatic N) is 1. The molecule has 0 aliphatic carbocycles. The molecular weight excluding hydrogens is 230 g/mol. The van der Waals surface area contributed by atoms with Crippen molar-refractivity contribution in [1.29, 1.82) is 0 Å². The van der Waals surface area contributed by atoms with Gasteiger partial charge in [-0.1, -0.05) is 18.2 Å². The zero-order valence-corrected chi connectivity index (χ0v) is 9.88. The molecule has 18 heavy (non-hydrogen) atoms. The summed E-state index contributed by atoms with van der Waals surface area (Å²) in [7, 11) is 0. The van der Waals surface area contributed by atoms with E-state index in [0.717, 1.165) is 16.9 Å². The van der Waals surface area contributed by atoms with Crippen molar-refractivity contribution < 1.29 is 4.92 Å². The number of hydrogen-bond acceptors (Lipinski definition) is 4. The number of hydrogen-bond donors (Lipinski definition) is 2. The lowest BCUT2D eigenvalue weighted by molar-refractivity contribution is -0.383. The molecule has 0 saturated heterocycles. The number of benzene rings is 2. The molecular formula is C13H13N3O2. The molecule has 0 saturated carbocycles. The van der Waals surface area contributed by atoms with Crippen LogP contribution in [0.15, 0.2) is 42.5 Å². The number of aryl methyl sites for hydroxylation is 1. The number of anilines is 3. The Labute approximate surface area is 104 Å². The third kappa shape index (κ3) is 2.40. The highest BCUT2D eigenvalue weighted by Crippen LogP contribution is 2.27. The van der Waals surface area contributed by atoms with E-state index in [1.165, 1.54) is 6.07 Å². The molecule has 0 aliphatic rings. The maximum atomic E-state index is 10.7. The average molecular weight is 243 g/mol. The maximum absolute atomic E-state index is 10.7. The Kier molecular flexibility index (Phi) is 3.14. The van der Waals surface area contributed by atoms with E-state index in [-0.39, 0.29) is 11.4 Å². The fraction of sp³-hybridized carbons (Fsp3) is 0.0769. The lowest BCUT2D eigenvalue weighted by atomic mass is 10.2. The second kappa shape index (κ2) is 4.75. The summed E-state index contributed by atoms with van der Waals surface area (Å²) in [5.41, 5.74) is 8.48. The summed E-state index contributed by atoms with van der Waals surface area (Å²) in [4.78, 5) is 10.2. The third-order valence-corrected chi connectivity index (χ3v) is 2.65. The first-order valence-electron chi connectivity index (χ1n) is 5.44. The van der Waals surface area contributed by atoms with Crippen LogP contribution in [0.3, 0.4) is 0 Å². The summed E-state index contributed by atoms with van der Waals surface area (Å²) < 4.78 is 0. The Morgan fingerprint density at radius 1 is 1.22 bits per heavy atom. The van der Waals surface area contributed by atoms with Gasteiger partial charge in [0.25, 0.3) is 5.69 Å². The van der Waals surface area contributed by atoms with Crippen LogP contribution < -0.4 is 11.1 Å². The molecule has 92 valence electrons. The van der Waals surface area contributed by atoms with Crippen molar-refractivity contribution >= 4 is 22.7 Å². The van der Waals surface area contributed by atoms with Crippen molar-refractivity contribution in [2.24, 2.45) is 0 Å². The van der Waals surface area contributed by atoms with Crippen LogP contribution in [0.5, 0.6) is 0 Å². The number of para-hydroxylation sites is 1. The van der Waals surface area contributed by atoms with Gasteiger partial charge in [0.05, 0.1) is 4.92 Å². The standard InChI is InChI=1S/C13H13N3O2/c1-9-4-2-3-5-12(9)15-10-6-7-13(16(17)18)11(14)8-10/h2-8,15H,14H2,1H3. The van der Waals surface area contributed by atoms with E-state index >= 15 is 0 Å². The molecule has 0 atom stereocenters.